The Balaban J connectivity index is 3.27. The average Bonchev–Trinajstić information content (AvgIpc) is 2.42. The quantitative estimate of drug-likeness (QED) is 0.811. The largest absolute Gasteiger partial charge is 0.497 e. The number of hydrogen-bond donors (Lipinski definition) is 1. The zero-order chi connectivity index (χ0) is 16.2. The van der Waals surface area contributed by atoms with Crippen molar-refractivity contribution in [1.29, 1.82) is 0 Å². The first-order valence-corrected chi connectivity index (χ1v) is 7.09. The van der Waals surface area contributed by atoms with Crippen molar-refractivity contribution in [3.05, 3.63) is 24.3 Å². The topological polar surface area (TPSA) is 49.8 Å². The smallest absolute Gasteiger partial charge is 0.411 e. The van der Waals surface area contributed by atoms with Gasteiger partial charge in [0.05, 0.1) is 13.2 Å². The van der Waals surface area contributed by atoms with Gasteiger partial charge in [0.25, 0.3) is 0 Å². The van der Waals surface area contributed by atoms with Gasteiger partial charge in [0.2, 0.25) is 5.91 Å². The Morgan fingerprint density at radius 1 is 1.38 bits per heavy atom. The number of aliphatic hydroxyl groups is 1. The first-order chi connectivity index (χ1) is 9.72. The fourth-order valence-electron chi connectivity index (χ4n) is 1.90. The van der Waals surface area contributed by atoms with Gasteiger partial charge in [0, 0.05) is 17.9 Å². The molecule has 4 nitrogen and oxygen atoms in total. The number of nitrogens with zero attached hydrogens (tertiary/aromatic N) is 1. The lowest BCUT2D eigenvalue weighted by molar-refractivity contribution is -0.170. The van der Waals surface area contributed by atoms with E-state index in [4.69, 9.17) is 4.74 Å². The fourth-order valence-corrected chi connectivity index (χ4v) is 2.26. The lowest BCUT2D eigenvalue weighted by Crippen LogP contribution is -2.55. The number of amides is 1. The van der Waals surface area contributed by atoms with Crippen molar-refractivity contribution in [3.8, 4) is 5.75 Å². The number of halogens is 4. The van der Waals surface area contributed by atoms with Gasteiger partial charge in [-0.2, -0.15) is 13.2 Å². The van der Waals surface area contributed by atoms with Gasteiger partial charge in [-0.25, -0.2) is 0 Å². The number of benzene rings is 1. The lowest BCUT2D eigenvalue weighted by atomic mass is 10.1. The first-order valence-electron chi connectivity index (χ1n) is 5.97. The van der Waals surface area contributed by atoms with E-state index in [1.807, 2.05) is 0 Å². The average molecular weight is 370 g/mol. The molecule has 0 fully saturated rings. The Kier molecular flexibility index (Phi) is 6.03. The van der Waals surface area contributed by atoms with E-state index in [9.17, 15) is 23.1 Å². The number of carbonyl (C=O) groups is 1. The predicted octanol–water partition coefficient (Wildman–Crippen LogP) is 2.73. The number of methoxy groups -OCH3 is 1. The number of carbonyl (C=O) groups excluding carboxylic acids is 1. The molecule has 0 aromatic heterocycles. The number of alkyl halides is 4. The summed E-state index contributed by atoms with van der Waals surface area (Å²) in [4.78, 5) is 12.2. The van der Waals surface area contributed by atoms with Crippen molar-refractivity contribution in [1.82, 2.24) is 0 Å². The maximum atomic E-state index is 13.2. The zero-order valence-electron chi connectivity index (χ0n) is 11.4. The number of rotatable bonds is 5. The highest BCUT2D eigenvalue weighted by Gasteiger charge is 2.49. The number of aliphatic hydroxyl groups excluding tert-OH is 1. The van der Waals surface area contributed by atoms with Gasteiger partial charge in [-0.05, 0) is 24.3 Å². The molecule has 0 radical (unpaired) electrons. The van der Waals surface area contributed by atoms with E-state index >= 15 is 0 Å². The molecule has 0 spiro atoms. The van der Waals surface area contributed by atoms with Crippen LogP contribution in [-0.4, -0.2) is 41.8 Å². The summed E-state index contributed by atoms with van der Waals surface area (Å²) in [6.07, 6.45) is -6.55. The highest BCUT2D eigenvalue weighted by molar-refractivity contribution is 9.09. The molecule has 0 heterocycles. The molecule has 1 aromatic rings. The second-order valence-corrected chi connectivity index (χ2v) is 4.94. The molecule has 0 aliphatic carbocycles. The Morgan fingerprint density at radius 2 is 1.90 bits per heavy atom. The van der Waals surface area contributed by atoms with E-state index in [0.29, 0.717) is 10.6 Å². The van der Waals surface area contributed by atoms with Crippen molar-refractivity contribution in [3.63, 3.8) is 0 Å². The van der Waals surface area contributed by atoms with Crippen molar-refractivity contribution in [2.75, 3.05) is 17.3 Å². The van der Waals surface area contributed by atoms with E-state index in [2.05, 4.69) is 15.9 Å². The summed E-state index contributed by atoms with van der Waals surface area (Å²) < 4.78 is 44.5. The first kappa shape index (κ1) is 17.8. The summed E-state index contributed by atoms with van der Waals surface area (Å²) >= 11 is 2.81. The van der Waals surface area contributed by atoms with Crippen molar-refractivity contribution in [2.45, 2.75) is 25.2 Å². The minimum Gasteiger partial charge on any atom is -0.497 e. The van der Waals surface area contributed by atoms with E-state index in [1.54, 1.807) is 0 Å². The normalized spacial score (nSPS) is 14.4. The third kappa shape index (κ3) is 4.34. The lowest BCUT2D eigenvalue weighted by Gasteiger charge is -2.35. The second kappa shape index (κ2) is 7.13. The van der Waals surface area contributed by atoms with Crippen LogP contribution in [0.3, 0.4) is 0 Å². The van der Waals surface area contributed by atoms with Crippen LogP contribution in [-0.2, 0) is 4.79 Å². The van der Waals surface area contributed by atoms with Crippen LogP contribution in [0.1, 0.15) is 6.92 Å². The maximum absolute atomic E-state index is 13.2. The predicted molar refractivity (Wildman–Crippen MR) is 75.8 cm³/mol. The Morgan fingerprint density at radius 3 is 2.24 bits per heavy atom. The molecule has 2 unspecified atom stereocenters. The Hall–Kier alpha value is -1.28. The summed E-state index contributed by atoms with van der Waals surface area (Å²) in [5.74, 6) is -0.366. The number of ether oxygens (including phenoxy) is 1. The molecule has 0 bridgehead atoms. The third-order valence-electron chi connectivity index (χ3n) is 2.83. The van der Waals surface area contributed by atoms with Gasteiger partial charge in [-0.15, -0.1) is 0 Å². The summed E-state index contributed by atoms with van der Waals surface area (Å²) in [6.45, 7) is 1.02. The fraction of sp³-hybridized carbons (Fsp3) is 0.462. The van der Waals surface area contributed by atoms with Crippen molar-refractivity contribution in [2.24, 2.45) is 0 Å². The van der Waals surface area contributed by atoms with Crippen molar-refractivity contribution >= 4 is 27.5 Å². The molecule has 1 amide bonds. The molecule has 118 valence electrons. The van der Waals surface area contributed by atoms with E-state index in [-0.39, 0.29) is 11.0 Å². The molecule has 0 aliphatic rings. The van der Waals surface area contributed by atoms with Crippen LogP contribution in [0.2, 0.25) is 0 Å². The minimum atomic E-state index is -4.77. The molecule has 0 aliphatic heterocycles. The summed E-state index contributed by atoms with van der Waals surface area (Å²) in [5, 5.41) is 9.34. The molecule has 1 rings (SSSR count). The Labute approximate surface area is 128 Å². The second-order valence-electron chi connectivity index (χ2n) is 4.30. The summed E-state index contributed by atoms with van der Waals surface area (Å²) in [7, 11) is 1.42. The van der Waals surface area contributed by atoms with Gasteiger partial charge < -0.3 is 9.84 Å². The maximum Gasteiger partial charge on any atom is 0.411 e. The van der Waals surface area contributed by atoms with Crippen LogP contribution in [0.4, 0.5) is 18.9 Å². The molecule has 1 N–H and O–H groups in total. The zero-order valence-corrected chi connectivity index (χ0v) is 13.0. The van der Waals surface area contributed by atoms with Gasteiger partial charge >= 0.3 is 6.18 Å². The molecule has 21 heavy (non-hydrogen) atoms. The van der Waals surface area contributed by atoms with Gasteiger partial charge in [-0.1, -0.05) is 15.9 Å². The molecule has 1 aromatic carbocycles. The highest BCUT2D eigenvalue weighted by atomic mass is 79.9. The van der Waals surface area contributed by atoms with Crippen LogP contribution >= 0.6 is 15.9 Å². The van der Waals surface area contributed by atoms with Crippen molar-refractivity contribution < 1.29 is 27.8 Å². The van der Waals surface area contributed by atoms with E-state index in [0.717, 1.165) is 6.92 Å². The molecule has 0 saturated carbocycles. The van der Waals surface area contributed by atoms with Crippen LogP contribution in [0.25, 0.3) is 0 Å². The van der Waals surface area contributed by atoms with E-state index in [1.165, 1.54) is 31.4 Å². The Bertz CT molecular complexity index is 479. The van der Waals surface area contributed by atoms with Gasteiger partial charge in [0.1, 0.15) is 5.75 Å². The van der Waals surface area contributed by atoms with Crippen LogP contribution in [0.15, 0.2) is 24.3 Å². The molecule has 8 heteroatoms. The molecular formula is C13H15BrF3NO3. The SMILES string of the molecule is COc1ccc(N(C(C)=O)C(C(O)CBr)C(F)(F)F)cc1. The summed E-state index contributed by atoms with van der Waals surface area (Å²) in [5.41, 5.74) is 0.0330. The highest BCUT2D eigenvalue weighted by Crippen LogP contribution is 2.32. The minimum absolute atomic E-state index is 0.0330. The van der Waals surface area contributed by atoms with Gasteiger partial charge in [0.15, 0.2) is 6.04 Å². The van der Waals surface area contributed by atoms with Crippen LogP contribution < -0.4 is 9.64 Å². The standard InChI is InChI=1S/C13H15BrF3NO3/c1-8(19)18(9-3-5-10(21-2)6-4-9)12(11(20)7-14)13(15,16)17/h3-6,11-12,20H,7H2,1-2H3. The monoisotopic (exact) mass is 369 g/mol. The van der Waals surface area contributed by atoms with Crippen LogP contribution in [0.5, 0.6) is 5.75 Å². The van der Waals surface area contributed by atoms with E-state index < -0.39 is 24.2 Å². The van der Waals surface area contributed by atoms with Gasteiger partial charge in [-0.3, -0.25) is 9.69 Å². The molecule has 0 saturated heterocycles. The number of anilines is 1. The summed E-state index contributed by atoms with van der Waals surface area (Å²) in [6, 6.07) is 3.22. The third-order valence-corrected chi connectivity index (χ3v) is 3.49. The molecule has 2 atom stereocenters. The van der Waals surface area contributed by atoms with Crippen LogP contribution in [0, 0.1) is 0 Å². The molecular weight excluding hydrogens is 355 g/mol. The number of hydrogen-bond acceptors (Lipinski definition) is 3.